The highest BCUT2D eigenvalue weighted by molar-refractivity contribution is 6.39. The predicted octanol–water partition coefficient (Wildman–Crippen LogP) is 2.60. The van der Waals surface area contributed by atoms with E-state index < -0.39 is 23.6 Å². The lowest BCUT2D eigenvalue weighted by Crippen LogP contribution is -2.34. The van der Waals surface area contributed by atoms with Crippen LogP contribution < -0.4 is 0 Å². The van der Waals surface area contributed by atoms with Crippen molar-refractivity contribution in [1.82, 2.24) is 0 Å². The van der Waals surface area contributed by atoms with E-state index in [1.165, 1.54) is 0 Å². The molecular weight excluding hydrogens is 244 g/mol. The number of rotatable bonds is 4. The number of carbonyl (C=O) groups excluding carboxylic acids is 2. The Hall–Kier alpha value is -1.19. The first-order valence-corrected chi connectivity index (χ1v) is 7.42. The van der Waals surface area contributed by atoms with Crippen molar-refractivity contribution in [3.8, 4) is 0 Å². The van der Waals surface area contributed by atoms with Gasteiger partial charge in [0.15, 0.2) is 0 Å². The third-order valence-electron chi connectivity index (χ3n) is 4.64. The summed E-state index contributed by atoms with van der Waals surface area (Å²) in [5, 5.41) is 9.11. The molecule has 1 N–H and O–H groups in total. The van der Waals surface area contributed by atoms with Crippen molar-refractivity contribution in [2.75, 3.05) is 0 Å². The van der Waals surface area contributed by atoms with Crippen LogP contribution in [0.25, 0.3) is 0 Å². The molecule has 106 valence electrons. The number of ketones is 2. The Morgan fingerprint density at radius 1 is 0.684 bits per heavy atom. The molecule has 2 aliphatic carbocycles. The van der Waals surface area contributed by atoms with Gasteiger partial charge in [-0.25, -0.2) is 0 Å². The van der Waals surface area contributed by atoms with Crippen molar-refractivity contribution in [3.63, 3.8) is 0 Å². The van der Waals surface area contributed by atoms with Crippen molar-refractivity contribution in [1.29, 1.82) is 0 Å². The third-order valence-corrected chi connectivity index (χ3v) is 4.64. The Morgan fingerprint density at radius 3 is 1.84 bits per heavy atom. The molecule has 0 aromatic rings. The van der Waals surface area contributed by atoms with E-state index in [2.05, 4.69) is 0 Å². The second-order valence-corrected chi connectivity index (χ2v) is 5.90. The minimum absolute atomic E-state index is 0.148. The first kappa shape index (κ1) is 14.2. The number of hydrogen-bond acceptors (Lipinski definition) is 3. The van der Waals surface area contributed by atoms with Crippen molar-refractivity contribution in [2.24, 2.45) is 17.8 Å². The lowest BCUT2D eigenvalue weighted by molar-refractivity contribution is -0.148. The van der Waals surface area contributed by atoms with Gasteiger partial charge in [0.1, 0.15) is 0 Å². The van der Waals surface area contributed by atoms with Crippen LogP contribution in [0.3, 0.4) is 0 Å². The topological polar surface area (TPSA) is 71.4 Å². The van der Waals surface area contributed by atoms with Gasteiger partial charge in [-0.3, -0.25) is 14.4 Å². The van der Waals surface area contributed by atoms with Crippen LogP contribution in [0.15, 0.2) is 0 Å². The monoisotopic (exact) mass is 266 g/mol. The molecule has 0 bridgehead atoms. The molecule has 19 heavy (non-hydrogen) atoms. The van der Waals surface area contributed by atoms with Gasteiger partial charge in [0.05, 0.1) is 5.92 Å². The first-order chi connectivity index (χ1) is 9.11. The molecule has 0 radical (unpaired) electrons. The van der Waals surface area contributed by atoms with E-state index in [1.807, 2.05) is 0 Å². The first-order valence-electron chi connectivity index (χ1n) is 7.42. The van der Waals surface area contributed by atoms with Crippen LogP contribution in [0, 0.1) is 17.8 Å². The van der Waals surface area contributed by atoms with E-state index in [-0.39, 0.29) is 11.7 Å². The fourth-order valence-corrected chi connectivity index (χ4v) is 3.49. The molecule has 2 saturated carbocycles. The van der Waals surface area contributed by atoms with Crippen LogP contribution in [0.2, 0.25) is 0 Å². The van der Waals surface area contributed by atoms with Crippen molar-refractivity contribution >= 4 is 17.5 Å². The van der Waals surface area contributed by atoms with E-state index in [0.717, 1.165) is 44.9 Å². The molecule has 0 heterocycles. The predicted molar refractivity (Wildman–Crippen MR) is 69.7 cm³/mol. The molecule has 0 aromatic heterocycles. The Morgan fingerprint density at radius 2 is 1.26 bits per heavy atom. The molecule has 2 atom stereocenters. The Kier molecular flexibility index (Phi) is 4.72. The lowest BCUT2D eigenvalue weighted by atomic mass is 9.84. The van der Waals surface area contributed by atoms with Gasteiger partial charge in [-0.1, -0.05) is 32.1 Å². The maximum Gasteiger partial charge on any atom is 0.307 e. The molecule has 0 aliphatic heterocycles. The molecular formula is C15H22O4. The Labute approximate surface area is 113 Å². The lowest BCUT2D eigenvalue weighted by Gasteiger charge is -2.17. The SMILES string of the molecule is O=C(C(=O)C1CCC[C@H]1C(=O)O)C1CCCCCC1. The molecule has 0 amide bonds. The summed E-state index contributed by atoms with van der Waals surface area (Å²) in [6.07, 6.45) is 7.74. The van der Waals surface area contributed by atoms with E-state index >= 15 is 0 Å². The molecule has 4 nitrogen and oxygen atoms in total. The molecule has 4 heteroatoms. The number of carbonyl (C=O) groups is 3. The largest absolute Gasteiger partial charge is 0.481 e. The van der Waals surface area contributed by atoms with Crippen molar-refractivity contribution in [2.45, 2.75) is 57.8 Å². The van der Waals surface area contributed by atoms with Crippen LogP contribution in [-0.2, 0) is 14.4 Å². The van der Waals surface area contributed by atoms with Crippen molar-refractivity contribution < 1.29 is 19.5 Å². The van der Waals surface area contributed by atoms with Gasteiger partial charge in [-0.2, -0.15) is 0 Å². The second-order valence-electron chi connectivity index (χ2n) is 5.90. The van der Waals surface area contributed by atoms with Crippen LogP contribution >= 0.6 is 0 Å². The van der Waals surface area contributed by atoms with E-state index in [9.17, 15) is 14.4 Å². The summed E-state index contributed by atoms with van der Waals surface area (Å²) in [5.41, 5.74) is 0. The number of Topliss-reactive ketones (excluding diaryl/α,β-unsaturated/α-hetero) is 2. The number of carboxylic acid groups (broad SMARTS) is 1. The van der Waals surface area contributed by atoms with Crippen LogP contribution in [0.4, 0.5) is 0 Å². The second kappa shape index (κ2) is 6.31. The Balaban J connectivity index is 2.01. The fraction of sp³-hybridized carbons (Fsp3) is 0.800. The fourth-order valence-electron chi connectivity index (χ4n) is 3.49. The quantitative estimate of drug-likeness (QED) is 0.627. The van der Waals surface area contributed by atoms with Crippen LogP contribution in [0.1, 0.15) is 57.8 Å². The molecule has 0 saturated heterocycles. The van der Waals surface area contributed by atoms with E-state index in [0.29, 0.717) is 12.8 Å². The molecule has 1 unspecified atom stereocenters. The van der Waals surface area contributed by atoms with Gasteiger partial charge >= 0.3 is 5.97 Å². The van der Waals surface area contributed by atoms with Gasteiger partial charge in [0.25, 0.3) is 0 Å². The highest BCUT2D eigenvalue weighted by atomic mass is 16.4. The number of hydrogen-bond donors (Lipinski definition) is 1. The molecule has 2 rings (SSSR count). The average Bonchev–Trinajstić information content (AvgIpc) is 2.73. The van der Waals surface area contributed by atoms with Crippen LogP contribution in [0.5, 0.6) is 0 Å². The molecule has 0 spiro atoms. The summed E-state index contributed by atoms with van der Waals surface area (Å²) in [7, 11) is 0. The highest BCUT2D eigenvalue weighted by Crippen LogP contribution is 2.34. The smallest absolute Gasteiger partial charge is 0.307 e. The maximum atomic E-state index is 12.3. The zero-order valence-corrected chi connectivity index (χ0v) is 11.3. The maximum absolute atomic E-state index is 12.3. The number of aliphatic carboxylic acids is 1. The number of carboxylic acids is 1. The summed E-state index contributed by atoms with van der Waals surface area (Å²) < 4.78 is 0. The molecule has 2 fully saturated rings. The van der Waals surface area contributed by atoms with Gasteiger partial charge in [-0.15, -0.1) is 0 Å². The van der Waals surface area contributed by atoms with Gasteiger partial charge < -0.3 is 5.11 Å². The minimum atomic E-state index is -0.926. The standard InChI is InChI=1S/C15H22O4/c16-13(10-6-3-1-2-4-7-10)14(17)11-8-5-9-12(11)15(18)19/h10-12H,1-9H2,(H,18,19)/t11?,12-/m1/s1. The summed E-state index contributed by atoms with van der Waals surface area (Å²) in [6.45, 7) is 0. The average molecular weight is 266 g/mol. The van der Waals surface area contributed by atoms with Gasteiger partial charge in [0.2, 0.25) is 11.6 Å². The summed E-state index contributed by atoms with van der Waals surface area (Å²) in [6, 6.07) is 0. The van der Waals surface area contributed by atoms with Gasteiger partial charge in [0, 0.05) is 11.8 Å². The van der Waals surface area contributed by atoms with E-state index in [4.69, 9.17) is 5.11 Å². The molecule has 2 aliphatic rings. The van der Waals surface area contributed by atoms with E-state index in [1.54, 1.807) is 0 Å². The minimum Gasteiger partial charge on any atom is -0.481 e. The van der Waals surface area contributed by atoms with Crippen molar-refractivity contribution in [3.05, 3.63) is 0 Å². The zero-order valence-electron chi connectivity index (χ0n) is 11.3. The molecule has 0 aromatic carbocycles. The Bertz CT molecular complexity index is 366. The highest BCUT2D eigenvalue weighted by Gasteiger charge is 2.41. The summed E-state index contributed by atoms with van der Waals surface area (Å²) >= 11 is 0. The van der Waals surface area contributed by atoms with Crippen LogP contribution in [-0.4, -0.2) is 22.6 Å². The normalized spacial score (nSPS) is 28.8. The van der Waals surface area contributed by atoms with Gasteiger partial charge in [-0.05, 0) is 25.7 Å². The summed E-state index contributed by atoms with van der Waals surface area (Å²) in [5.74, 6) is -2.97. The summed E-state index contributed by atoms with van der Waals surface area (Å²) in [4.78, 5) is 35.6. The zero-order chi connectivity index (χ0) is 13.8. The third kappa shape index (κ3) is 3.23.